The minimum Gasteiger partial charge on any atom is -0.357 e. The lowest BCUT2D eigenvalue weighted by Gasteiger charge is -2.34. The van der Waals surface area contributed by atoms with Crippen LogP contribution in [0.3, 0.4) is 0 Å². The second kappa shape index (κ2) is 13.7. The molecule has 1 fully saturated rings. The highest BCUT2D eigenvalue weighted by Crippen LogP contribution is 2.11. The van der Waals surface area contributed by atoms with Crippen molar-refractivity contribution in [3.63, 3.8) is 0 Å². The quantitative estimate of drug-likeness (QED) is 0.301. The number of aliphatic imine (C=N–C) groups is 1. The molecule has 0 bridgehead atoms. The number of guanidine groups is 1. The summed E-state index contributed by atoms with van der Waals surface area (Å²) in [7, 11) is 0. The van der Waals surface area contributed by atoms with Crippen LogP contribution in [0, 0.1) is 0 Å². The van der Waals surface area contributed by atoms with Crippen molar-refractivity contribution in [3.8, 4) is 0 Å². The minimum absolute atomic E-state index is 0. The highest BCUT2D eigenvalue weighted by atomic mass is 127. The molecular weight excluding hydrogens is 487 g/mol. The van der Waals surface area contributed by atoms with Crippen molar-refractivity contribution >= 4 is 29.9 Å². The maximum Gasteiger partial charge on any atom is 0.191 e. The summed E-state index contributed by atoms with van der Waals surface area (Å²) in [5.41, 5.74) is 2.63. The number of nitrogens with zero attached hydrogens (tertiary/aromatic N) is 4. The minimum atomic E-state index is 0. The van der Waals surface area contributed by atoms with Crippen LogP contribution in [0.25, 0.3) is 0 Å². The van der Waals surface area contributed by atoms with Crippen LogP contribution in [-0.4, -0.2) is 66.1 Å². The molecule has 0 atom stereocenters. The number of benzene rings is 1. The van der Waals surface area contributed by atoms with E-state index in [0.717, 1.165) is 32.1 Å². The molecule has 7 heteroatoms. The van der Waals surface area contributed by atoms with Gasteiger partial charge in [0, 0.05) is 64.8 Å². The number of likely N-dealkylation sites (N-methyl/N-ethyl adjacent to an activating group) is 1. The summed E-state index contributed by atoms with van der Waals surface area (Å²) in [5.74, 6) is 0.873. The van der Waals surface area contributed by atoms with Crippen molar-refractivity contribution in [1.29, 1.82) is 0 Å². The van der Waals surface area contributed by atoms with Crippen LogP contribution in [-0.2, 0) is 19.6 Å². The molecule has 2 aromatic rings. The van der Waals surface area contributed by atoms with Crippen LogP contribution >= 0.6 is 24.0 Å². The summed E-state index contributed by atoms with van der Waals surface area (Å²) < 4.78 is 2.16. The average molecular weight is 524 g/mol. The Hall–Kier alpha value is -1.58. The zero-order valence-corrected chi connectivity index (χ0v) is 20.7. The van der Waals surface area contributed by atoms with Crippen molar-refractivity contribution in [3.05, 3.63) is 59.9 Å². The first kappa shape index (κ1) is 24.7. The van der Waals surface area contributed by atoms with Crippen molar-refractivity contribution in [2.24, 2.45) is 4.99 Å². The monoisotopic (exact) mass is 524 g/mol. The summed E-state index contributed by atoms with van der Waals surface area (Å²) >= 11 is 0. The van der Waals surface area contributed by atoms with Gasteiger partial charge in [0.15, 0.2) is 5.96 Å². The molecule has 30 heavy (non-hydrogen) atoms. The molecule has 0 unspecified atom stereocenters. The molecule has 0 aliphatic carbocycles. The highest BCUT2D eigenvalue weighted by molar-refractivity contribution is 14.0. The SMILES string of the molecule is CCNC(=NCc1ccc(CN2CCN(CC)CC2)cc1)NCCn1cccc1.I. The van der Waals surface area contributed by atoms with Gasteiger partial charge in [-0.2, -0.15) is 0 Å². The van der Waals surface area contributed by atoms with Gasteiger partial charge in [-0.15, -0.1) is 24.0 Å². The average Bonchev–Trinajstić information content (AvgIpc) is 3.27. The Balaban J connectivity index is 0.00000320. The van der Waals surface area contributed by atoms with Gasteiger partial charge in [0.1, 0.15) is 0 Å². The lowest BCUT2D eigenvalue weighted by Crippen LogP contribution is -2.45. The lowest BCUT2D eigenvalue weighted by molar-refractivity contribution is 0.132. The Bertz CT molecular complexity index is 721. The number of halogens is 1. The van der Waals surface area contributed by atoms with Gasteiger partial charge >= 0.3 is 0 Å². The van der Waals surface area contributed by atoms with E-state index in [1.807, 2.05) is 12.1 Å². The van der Waals surface area contributed by atoms with Gasteiger partial charge in [-0.1, -0.05) is 31.2 Å². The number of nitrogens with one attached hydrogen (secondary N) is 2. The number of piperazine rings is 1. The maximum atomic E-state index is 4.73. The Labute approximate surface area is 198 Å². The number of hydrogen-bond acceptors (Lipinski definition) is 3. The summed E-state index contributed by atoms with van der Waals surface area (Å²) in [6.07, 6.45) is 4.16. The van der Waals surface area contributed by atoms with Crippen LogP contribution in [0.15, 0.2) is 53.8 Å². The number of rotatable bonds is 9. The topological polar surface area (TPSA) is 47.8 Å². The smallest absolute Gasteiger partial charge is 0.191 e. The summed E-state index contributed by atoms with van der Waals surface area (Å²) in [6, 6.07) is 13.0. The fourth-order valence-electron chi connectivity index (χ4n) is 3.61. The van der Waals surface area contributed by atoms with Gasteiger partial charge in [0.2, 0.25) is 0 Å². The van der Waals surface area contributed by atoms with E-state index >= 15 is 0 Å². The number of hydrogen-bond donors (Lipinski definition) is 2. The Kier molecular flexibility index (Phi) is 11.2. The molecule has 1 aromatic heterocycles. The van der Waals surface area contributed by atoms with E-state index in [1.165, 1.54) is 43.9 Å². The normalized spacial score (nSPS) is 15.6. The molecular formula is C23H37IN6. The third kappa shape index (κ3) is 8.28. The predicted molar refractivity (Wildman–Crippen MR) is 136 cm³/mol. The van der Waals surface area contributed by atoms with Crippen LogP contribution < -0.4 is 10.6 Å². The molecule has 0 saturated carbocycles. The molecule has 2 heterocycles. The van der Waals surface area contributed by atoms with E-state index in [9.17, 15) is 0 Å². The van der Waals surface area contributed by atoms with Gasteiger partial charge in [0.25, 0.3) is 0 Å². The van der Waals surface area contributed by atoms with E-state index in [-0.39, 0.29) is 24.0 Å². The zero-order valence-electron chi connectivity index (χ0n) is 18.4. The van der Waals surface area contributed by atoms with E-state index < -0.39 is 0 Å². The van der Waals surface area contributed by atoms with Crippen LogP contribution in [0.4, 0.5) is 0 Å². The van der Waals surface area contributed by atoms with Gasteiger partial charge in [-0.05, 0) is 36.7 Å². The van der Waals surface area contributed by atoms with Crippen molar-refractivity contribution in [2.75, 3.05) is 45.8 Å². The van der Waals surface area contributed by atoms with E-state index in [2.05, 4.69) is 75.5 Å². The fraction of sp³-hybridized carbons (Fsp3) is 0.522. The fourth-order valence-corrected chi connectivity index (χ4v) is 3.61. The van der Waals surface area contributed by atoms with E-state index in [1.54, 1.807) is 0 Å². The summed E-state index contributed by atoms with van der Waals surface area (Å²) in [6.45, 7) is 14.6. The Morgan fingerprint density at radius 1 is 0.900 bits per heavy atom. The zero-order chi connectivity index (χ0) is 20.3. The van der Waals surface area contributed by atoms with Crippen LogP contribution in [0.5, 0.6) is 0 Å². The summed E-state index contributed by atoms with van der Waals surface area (Å²) in [5, 5.41) is 6.74. The van der Waals surface area contributed by atoms with Crippen LogP contribution in [0.1, 0.15) is 25.0 Å². The third-order valence-corrected chi connectivity index (χ3v) is 5.43. The largest absolute Gasteiger partial charge is 0.357 e. The molecule has 2 N–H and O–H groups in total. The van der Waals surface area contributed by atoms with Crippen molar-refractivity contribution in [1.82, 2.24) is 25.0 Å². The molecule has 6 nitrogen and oxygen atoms in total. The first-order chi connectivity index (χ1) is 14.3. The molecule has 166 valence electrons. The maximum absolute atomic E-state index is 4.73. The molecule has 0 spiro atoms. The predicted octanol–water partition coefficient (Wildman–Crippen LogP) is 3.00. The second-order valence-electron chi connectivity index (χ2n) is 7.57. The summed E-state index contributed by atoms with van der Waals surface area (Å²) in [4.78, 5) is 9.81. The Morgan fingerprint density at radius 3 is 2.17 bits per heavy atom. The molecule has 1 aliphatic heterocycles. The van der Waals surface area contributed by atoms with E-state index in [0.29, 0.717) is 6.54 Å². The molecule has 1 aromatic carbocycles. The second-order valence-corrected chi connectivity index (χ2v) is 7.57. The molecule has 3 rings (SSSR count). The first-order valence-electron chi connectivity index (χ1n) is 10.9. The molecule has 1 aliphatic rings. The van der Waals surface area contributed by atoms with Gasteiger partial charge < -0.3 is 20.1 Å². The van der Waals surface area contributed by atoms with Gasteiger partial charge in [-0.25, -0.2) is 4.99 Å². The first-order valence-corrected chi connectivity index (χ1v) is 10.9. The van der Waals surface area contributed by atoms with Gasteiger partial charge in [0.05, 0.1) is 6.54 Å². The van der Waals surface area contributed by atoms with E-state index in [4.69, 9.17) is 4.99 Å². The third-order valence-electron chi connectivity index (χ3n) is 5.43. The standard InChI is InChI=1S/C23H36N6.HI/c1-3-24-23(25-11-14-28-12-5-6-13-28)26-19-21-7-9-22(10-8-21)20-29-17-15-27(4-2)16-18-29;/h5-10,12-13H,3-4,11,14-20H2,1-2H3,(H2,24,25,26);1H. The molecule has 0 amide bonds. The van der Waals surface area contributed by atoms with Crippen molar-refractivity contribution < 1.29 is 0 Å². The van der Waals surface area contributed by atoms with Crippen LogP contribution in [0.2, 0.25) is 0 Å². The van der Waals surface area contributed by atoms with Crippen molar-refractivity contribution in [2.45, 2.75) is 33.5 Å². The molecule has 1 saturated heterocycles. The molecule has 0 radical (unpaired) electrons. The Morgan fingerprint density at radius 2 is 1.53 bits per heavy atom. The highest BCUT2D eigenvalue weighted by Gasteiger charge is 2.15. The van der Waals surface area contributed by atoms with Gasteiger partial charge in [-0.3, -0.25) is 4.90 Å². The lowest BCUT2D eigenvalue weighted by atomic mass is 10.1. The number of aromatic nitrogens is 1.